The van der Waals surface area contributed by atoms with Gasteiger partial charge in [-0.2, -0.15) is 0 Å². The van der Waals surface area contributed by atoms with E-state index in [2.05, 4.69) is 15.0 Å². The van der Waals surface area contributed by atoms with E-state index >= 15 is 0 Å². The van der Waals surface area contributed by atoms with Gasteiger partial charge in [-0.15, -0.1) is 0 Å². The highest BCUT2D eigenvalue weighted by Crippen LogP contribution is 2.31. The average Bonchev–Trinajstić information content (AvgIpc) is 2.79. The number of nitrogens with zero attached hydrogens (tertiary/aromatic N) is 1. The number of halogens is 1. The number of aromatic nitrogens is 1. The lowest BCUT2D eigenvalue weighted by atomic mass is 10.1. The fourth-order valence-corrected chi connectivity index (χ4v) is 4.54. The van der Waals surface area contributed by atoms with Gasteiger partial charge in [-0.05, 0) is 24.3 Å². The molecule has 0 amide bonds. The third kappa shape index (κ3) is 4.79. The molecule has 0 radical (unpaired) electrons. The molecule has 1 atom stereocenters. The summed E-state index contributed by atoms with van der Waals surface area (Å²) in [6.45, 7) is 2.48. The van der Waals surface area contributed by atoms with Gasteiger partial charge in [0.25, 0.3) is 0 Å². The molecule has 2 N–H and O–H groups in total. The van der Waals surface area contributed by atoms with Crippen molar-refractivity contribution in [3.8, 4) is 5.75 Å². The quantitative estimate of drug-likeness (QED) is 0.381. The third-order valence-electron chi connectivity index (χ3n) is 4.74. The van der Waals surface area contributed by atoms with E-state index in [-0.39, 0.29) is 0 Å². The average molecular weight is 440 g/mol. The lowest BCUT2D eigenvalue weighted by molar-refractivity contribution is 0.318. The van der Waals surface area contributed by atoms with Crippen LogP contribution in [0.4, 0.5) is 0 Å². The predicted molar refractivity (Wildman–Crippen MR) is 123 cm³/mol. The van der Waals surface area contributed by atoms with Crippen molar-refractivity contribution < 1.29 is 8.95 Å². The molecule has 0 saturated carbocycles. The van der Waals surface area contributed by atoms with Crippen LogP contribution < -0.4 is 14.8 Å². The second-order valence-corrected chi connectivity index (χ2v) is 8.38. The van der Waals surface area contributed by atoms with Crippen molar-refractivity contribution in [1.29, 1.82) is 0 Å². The van der Waals surface area contributed by atoms with Crippen molar-refractivity contribution in [3.05, 3.63) is 78.1 Å². The molecule has 1 aromatic heterocycles. The van der Waals surface area contributed by atoms with Gasteiger partial charge in [-0.3, -0.25) is 4.98 Å². The summed E-state index contributed by atoms with van der Waals surface area (Å²) in [6.07, 6.45) is 3.50. The van der Waals surface area contributed by atoms with Crippen LogP contribution in [0.25, 0.3) is 21.5 Å². The zero-order valence-electron chi connectivity index (χ0n) is 16.3. The maximum Gasteiger partial charge on any atom is 0.127 e. The first kappa shape index (κ1) is 20.8. The minimum absolute atomic E-state index is 0.533. The molecule has 0 aliphatic carbocycles. The molecule has 0 spiro atoms. The van der Waals surface area contributed by atoms with Crippen LogP contribution in [-0.2, 0) is 11.0 Å². The Balaban J connectivity index is 1.22. The molecule has 1 heterocycles. The van der Waals surface area contributed by atoms with Gasteiger partial charge >= 0.3 is 0 Å². The molecular weight excluding hydrogens is 418 g/mol. The molecule has 0 fully saturated rings. The number of rotatable bonds is 9. The van der Waals surface area contributed by atoms with Gasteiger partial charge < -0.3 is 10.1 Å². The van der Waals surface area contributed by atoms with Crippen LogP contribution in [0.1, 0.15) is 0 Å². The Bertz CT molecular complexity index is 1180. The van der Waals surface area contributed by atoms with Crippen molar-refractivity contribution in [1.82, 2.24) is 15.0 Å². The Labute approximate surface area is 183 Å². The van der Waals surface area contributed by atoms with Crippen LogP contribution >= 0.6 is 11.6 Å². The molecule has 7 heteroatoms. The highest BCUT2D eigenvalue weighted by Gasteiger charge is 2.08. The topological polar surface area (TPSA) is 63.2 Å². The number of nitrogens with one attached hydrogen (secondary N) is 2. The lowest BCUT2D eigenvalue weighted by Crippen LogP contribution is -2.31. The zero-order valence-corrected chi connectivity index (χ0v) is 17.9. The minimum atomic E-state index is -1.27. The number of pyridine rings is 1. The number of ether oxygens (including phenoxy) is 1. The van der Waals surface area contributed by atoms with Crippen LogP contribution in [0, 0.1) is 0 Å². The second-order valence-electron chi connectivity index (χ2n) is 6.71. The Morgan fingerprint density at radius 2 is 1.77 bits per heavy atom. The third-order valence-corrected chi connectivity index (χ3v) is 6.29. The zero-order chi connectivity index (χ0) is 20.8. The molecule has 0 saturated heterocycles. The van der Waals surface area contributed by atoms with Crippen molar-refractivity contribution in [2.75, 3.05) is 26.2 Å². The Hall–Kier alpha value is -2.51. The smallest absolute Gasteiger partial charge is 0.127 e. The van der Waals surface area contributed by atoms with Gasteiger partial charge in [0.05, 0.1) is 4.90 Å². The molecule has 0 bridgehead atoms. The number of benzene rings is 3. The summed E-state index contributed by atoms with van der Waals surface area (Å²) in [4.78, 5) is 4.88. The molecule has 4 rings (SSSR count). The van der Waals surface area contributed by atoms with E-state index in [1.165, 1.54) is 0 Å². The molecule has 1 unspecified atom stereocenters. The molecule has 0 aliphatic rings. The van der Waals surface area contributed by atoms with Gasteiger partial charge in [0.1, 0.15) is 23.3 Å². The molecule has 0 aliphatic heterocycles. The number of hydrogen-bond donors (Lipinski definition) is 2. The highest BCUT2D eigenvalue weighted by atomic mass is 35.5. The number of hydrogen-bond acceptors (Lipinski definition) is 4. The molecular formula is C23H22ClN3O2S. The predicted octanol–water partition coefficient (Wildman–Crippen LogP) is 4.32. The summed E-state index contributed by atoms with van der Waals surface area (Å²) in [5.41, 5.74) is 0. The number of fused-ring (bicyclic) bond motifs is 2. The second kappa shape index (κ2) is 10.00. The fraction of sp³-hybridized carbons (Fsp3) is 0.174. The van der Waals surface area contributed by atoms with E-state index in [0.717, 1.165) is 37.2 Å². The van der Waals surface area contributed by atoms with Crippen LogP contribution in [0.15, 0.2) is 78.0 Å². The Morgan fingerprint density at radius 3 is 2.67 bits per heavy atom. The lowest BCUT2D eigenvalue weighted by Gasteiger charge is -2.11. The Kier molecular flexibility index (Phi) is 6.92. The van der Waals surface area contributed by atoms with E-state index in [4.69, 9.17) is 16.3 Å². The largest absolute Gasteiger partial charge is 0.492 e. The minimum Gasteiger partial charge on any atom is -0.492 e. The maximum atomic E-state index is 12.6. The van der Waals surface area contributed by atoms with Crippen molar-refractivity contribution in [2.24, 2.45) is 0 Å². The highest BCUT2D eigenvalue weighted by molar-refractivity contribution is 7.83. The molecule has 5 nitrogen and oxygen atoms in total. The van der Waals surface area contributed by atoms with Crippen LogP contribution in [0.3, 0.4) is 0 Å². The van der Waals surface area contributed by atoms with Crippen LogP contribution in [0.2, 0.25) is 5.02 Å². The summed E-state index contributed by atoms with van der Waals surface area (Å²) in [6, 6.07) is 19.3. The summed E-state index contributed by atoms with van der Waals surface area (Å²) < 4.78 is 21.6. The fourth-order valence-electron chi connectivity index (χ4n) is 3.28. The molecule has 30 heavy (non-hydrogen) atoms. The standard InChI is InChI=1S/C23H22ClN3O2S/c24-21-8-9-22(20-6-2-1-5-19(20)21)29-15-14-25-12-13-27-30(28)23-7-3-4-17-16-26-11-10-18(17)23/h1-11,16,25,27H,12-15H2. The monoisotopic (exact) mass is 439 g/mol. The van der Waals surface area contributed by atoms with Gasteiger partial charge in [0, 0.05) is 58.6 Å². The molecule has 4 aromatic rings. The van der Waals surface area contributed by atoms with Crippen LogP contribution in [0.5, 0.6) is 5.75 Å². The van der Waals surface area contributed by atoms with E-state index in [0.29, 0.717) is 26.2 Å². The summed E-state index contributed by atoms with van der Waals surface area (Å²) in [5, 5.41) is 7.95. The summed E-state index contributed by atoms with van der Waals surface area (Å²) in [7, 11) is -1.27. The summed E-state index contributed by atoms with van der Waals surface area (Å²) in [5.74, 6) is 0.821. The normalized spacial score (nSPS) is 12.3. The van der Waals surface area contributed by atoms with Gasteiger partial charge in [-0.25, -0.2) is 8.93 Å². The first-order valence-electron chi connectivity index (χ1n) is 9.73. The van der Waals surface area contributed by atoms with E-state index in [1.807, 2.05) is 60.7 Å². The van der Waals surface area contributed by atoms with Gasteiger partial charge in [0.2, 0.25) is 0 Å². The maximum absolute atomic E-state index is 12.6. The van der Waals surface area contributed by atoms with Crippen LogP contribution in [-0.4, -0.2) is 35.4 Å². The molecule has 3 aromatic carbocycles. The van der Waals surface area contributed by atoms with E-state index < -0.39 is 11.0 Å². The molecule has 154 valence electrons. The van der Waals surface area contributed by atoms with Crippen molar-refractivity contribution in [2.45, 2.75) is 4.90 Å². The van der Waals surface area contributed by atoms with Gasteiger partial charge in [0.15, 0.2) is 0 Å². The first-order valence-corrected chi connectivity index (χ1v) is 11.3. The van der Waals surface area contributed by atoms with E-state index in [9.17, 15) is 4.21 Å². The van der Waals surface area contributed by atoms with E-state index in [1.54, 1.807) is 12.4 Å². The van der Waals surface area contributed by atoms with Gasteiger partial charge in [-0.1, -0.05) is 48.0 Å². The van der Waals surface area contributed by atoms with Crippen molar-refractivity contribution >= 4 is 44.1 Å². The van der Waals surface area contributed by atoms with Crippen molar-refractivity contribution in [3.63, 3.8) is 0 Å². The Morgan fingerprint density at radius 1 is 0.900 bits per heavy atom. The SMILES string of the molecule is O=S(NCCNCCOc1ccc(Cl)c2ccccc12)c1cccc2cnccc12. The summed E-state index contributed by atoms with van der Waals surface area (Å²) >= 11 is 6.25. The first-order chi connectivity index (χ1) is 14.7.